The number of alkyl halides is 1. The number of rotatable bonds is 16. The van der Waals surface area contributed by atoms with E-state index in [4.69, 9.17) is 21.1 Å². The fourth-order valence-electron chi connectivity index (χ4n) is 5.39. The molecule has 6 heteroatoms. The van der Waals surface area contributed by atoms with Crippen LogP contribution in [0.2, 0.25) is 13.3 Å². The molecule has 4 nitrogen and oxygen atoms in total. The van der Waals surface area contributed by atoms with Gasteiger partial charge in [-0.3, -0.25) is 0 Å². The SMILES string of the molecule is CCC[CH2][Sn]([CH2]CCC)([CH2]CCC)[C@@H](CCC/C=C/CCl)OC(=O)N1C(C)(C)COC1(C)C. The number of hydrogen-bond acceptors (Lipinski definition) is 3. The summed E-state index contributed by atoms with van der Waals surface area (Å²) in [6, 6.07) is 0. The third kappa shape index (κ3) is 9.56. The van der Waals surface area contributed by atoms with Crippen LogP contribution in [0.4, 0.5) is 4.79 Å². The fraction of sp³-hybridized carbons (Fsp3) is 0.889. The normalized spacial score (nSPS) is 18.7. The number of carbonyl (C=O) groups excluding carboxylic acids is 1. The summed E-state index contributed by atoms with van der Waals surface area (Å²) < 4.78 is 16.8. The maximum absolute atomic E-state index is 13.7. The molecule has 0 N–H and O–H groups in total. The number of halogens is 1. The summed E-state index contributed by atoms with van der Waals surface area (Å²) in [6.45, 7) is 15.5. The summed E-state index contributed by atoms with van der Waals surface area (Å²) in [6.07, 6.45) is 14.5. The predicted molar refractivity (Wildman–Crippen MR) is 145 cm³/mol. The van der Waals surface area contributed by atoms with E-state index in [1.165, 1.54) is 51.8 Å². The second kappa shape index (κ2) is 15.2. The summed E-state index contributed by atoms with van der Waals surface area (Å²) in [5, 5.41) is 0. The third-order valence-electron chi connectivity index (χ3n) is 7.21. The number of nitrogens with zero attached hydrogens (tertiary/aromatic N) is 1. The van der Waals surface area contributed by atoms with E-state index in [2.05, 4.69) is 40.7 Å². The molecule has 194 valence electrons. The number of unbranched alkanes of at least 4 members (excludes halogenated alkanes) is 4. The van der Waals surface area contributed by atoms with Gasteiger partial charge in [0, 0.05) is 0 Å². The van der Waals surface area contributed by atoms with Crippen LogP contribution in [0.3, 0.4) is 0 Å². The molecule has 1 fully saturated rings. The molecule has 1 heterocycles. The molecule has 1 amide bonds. The zero-order chi connectivity index (χ0) is 25.0. The van der Waals surface area contributed by atoms with Crippen LogP contribution in [0.15, 0.2) is 12.2 Å². The molecule has 0 aromatic carbocycles. The van der Waals surface area contributed by atoms with E-state index in [1.54, 1.807) is 0 Å². The maximum atomic E-state index is 13.7. The number of ether oxygens (including phenoxy) is 2. The van der Waals surface area contributed by atoms with Crippen molar-refractivity contribution >= 4 is 36.1 Å². The first-order valence-electron chi connectivity index (χ1n) is 13.5. The summed E-state index contributed by atoms with van der Waals surface area (Å²) in [7, 11) is 0. The average molecular weight is 593 g/mol. The van der Waals surface area contributed by atoms with E-state index >= 15 is 0 Å². The number of allylic oxidation sites excluding steroid dienone is 2. The monoisotopic (exact) mass is 593 g/mol. The van der Waals surface area contributed by atoms with Crippen molar-refractivity contribution in [1.82, 2.24) is 4.90 Å². The topological polar surface area (TPSA) is 38.8 Å². The molecule has 0 saturated carbocycles. The molecule has 33 heavy (non-hydrogen) atoms. The molecule has 0 spiro atoms. The molecular formula is C27H52ClNO3Sn. The minimum atomic E-state index is -2.78. The van der Waals surface area contributed by atoms with Crippen molar-refractivity contribution in [3.63, 3.8) is 0 Å². The van der Waals surface area contributed by atoms with Crippen molar-refractivity contribution in [2.24, 2.45) is 0 Å². The Hall–Kier alpha value is 0.0587. The third-order valence-corrected chi connectivity index (χ3v) is 24.0. The molecule has 1 aliphatic rings. The predicted octanol–water partition coefficient (Wildman–Crippen LogP) is 8.69. The van der Waals surface area contributed by atoms with Crippen LogP contribution in [0.1, 0.15) is 106 Å². The summed E-state index contributed by atoms with van der Waals surface area (Å²) in [4.78, 5) is 15.6. The Morgan fingerprint density at radius 3 is 1.97 bits per heavy atom. The van der Waals surface area contributed by atoms with Crippen LogP contribution >= 0.6 is 11.6 Å². The van der Waals surface area contributed by atoms with Gasteiger partial charge in [0.2, 0.25) is 0 Å². The van der Waals surface area contributed by atoms with Crippen LogP contribution in [-0.2, 0) is 9.47 Å². The van der Waals surface area contributed by atoms with Crippen molar-refractivity contribution in [3.05, 3.63) is 12.2 Å². The summed E-state index contributed by atoms with van der Waals surface area (Å²) >= 11 is 3.04. The van der Waals surface area contributed by atoms with Gasteiger partial charge in [-0.1, -0.05) is 0 Å². The van der Waals surface area contributed by atoms with E-state index in [1.807, 2.05) is 24.8 Å². The molecule has 0 radical (unpaired) electrons. The van der Waals surface area contributed by atoms with Gasteiger partial charge >= 0.3 is 215 Å². The van der Waals surface area contributed by atoms with Crippen molar-refractivity contribution < 1.29 is 14.3 Å². The zero-order valence-electron chi connectivity index (χ0n) is 22.7. The van der Waals surface area contributed by atoms with E-state index in [0.29, 0.717) is 12.5 Å². The van der Waals surface area contributed by atoms with Gasteiger partial charge in [-0.15, -0.1) is 0 Å². The van der Waals surface area contributed by atoms with Gasteiger partial charge in [0.1, 0.15) is 0 Å². The molecule has 1 atom stereocenters. The van der Waals surface area contributed by atoms with E-state index in [-0.39, 0.29) is 15.8 Å². The minimum absolute atomic E-state index is 0.132. The Bertz CT molecular complexity index is 556. The molecule has 0 unspecified atom stereocenters. The molecule has 1 aliphatic heterocycles. The second-order valence-electron chi connectivity index (χ2n) is 11.0. The van der Waals surface area contributed by atoms with Crippen molar-refractivity contribution in [1.29, 1.82) is 0 Å². The number of hydrogen-bond donors (Lipinski definition) is 0. The van der Waals surface area contributed by atoms with Gasteiger partial charge in [0.15, 0.2) is 0 Å². The molecule has 1 rings (SSSR count). The first kappa shape index (κ1) is 31.1. The van der Waals surface area contributed by atoms with Crippen LogP contribution in [0.25, 0.3) is 0 Å². The average Bonchev–Trinajstić information content (AvgIpc) is 2.99. The van der Waals surface area contributed by atoms with Crippen LogP contribution in [0.5, 0.6) is 0 Å². The van der Waals surface area contributed by atoms with Gasteiger partial charge in [-0.2, -0.15) is 0 Å². The quantitative estimate of drug-likeness (QED) is 0.0779. The second-order valence-corrected chi connectivity index (χ2v) is 25.2. The Balaban J connectivity index is 3.25. The van der Waals surface area contributed by atoms with Gasteiger partial charge in [0.05, 0.1) is 0 Å². The Kier molecular flexibility index (Phi) is 14.3. The van der Waals surface area contributed by atoms with E-state index in [9.17, 15) is 4.79 Å². The van der Waals surface area contributed by atoms with Gasteiger partial charge in [0.25, 0.3) is 0 Å². The van der Waals surface area contributed by atoms with E-state index < -0.39 is 24.1 Å². The summed E-state index contributed by atoms with van der Waals surface area (Å²) in [5.74, 6) is 0.560. The first-order valence-corrected chi connectivity index (χ1v) is 21.7. The zero-order valence-corrected chi connectivity index (χ0v) is 26.3. The van der Waals surface area contributed by atoms with Crippen LogP contribution in [-0.4, -0.2) is 57.2 Å². The van der Waals surface area contributed by atoms with Crippen molar-refractivity contribution in [3.8, 4) is 0 Å². The molecule has 0 bridgehead atoms. The van der Waals surface area contributed by atoms with Gasteiger partial charge in [-0.05, 0) is 0 Å². The Morgan fingerprint density at radius 2 is 1.55 bits per heavy atom. The van der Waals surface area contributed by atoms with E-state index in [0.717, 1.165) is 19.3 Å². The van der Waals surface area contributed by atoms with Crippen LogP contribution in [0, 0.1) is 0 Å². The molecular weight excluding hydrogens is 540 g/mol. The van der Waals surface area contributed by atoms with Gasteiger partial charge < -0.3 is 0 Å². The Labute approximate surface area is 214 Å². The van der Waals surface area contributed by atoms with Crippen LogP contribution < -0.4 is 0 Å². The van der Waals surface area contributed by atoms with Crippen molar-refractivity contribution in [2.75, 3.05) is 12.5 Å². The number of amides is 1. The molecule has 1 saturated heterocycles. The van der Waals surface area contributed by atoms with Crippen molar-refractivity contribution in [2.45, 2.75) is 135 Å². The molecule has 0 aliphatic carbocycles. The fourth-order valence-corrected chi connectivity index (χ4v) is 22.8. The molecule has 0 aromatic rings. The standard InChI is InChI=1S/C15H25ClNO3.3C4H9.Sn/c1-14(2)12-20-15(3,4)17(14)13(18)19-11-9-7-5-6-8-10-16;3*1-3-4-2;/h6,8,11H,5,7,9-10,12H2,1-4H3;3*1,3-4H2,2H3;/b8-6+;;;;. The Morgan fingerprint density at radius 1 is 1.00 bits per heavy atom. The molecule has 0 aromatic heterocycles. The number of carbonyl (C=O) groups is 1. The first-order chi connectivity index (χ1) is 15.6. The summed E-state index contributed by atoms with van der Waals surface area (Å²) in [5.41, 5.74) is -0.995. The van der Waals surface area contributed by atoms with Gasteiger partial charge in [-0.25, -0.2) is 0 Å².